The summed E-state index contributed by atoms with van der Waals surface area (Å²) in [6, 6.07) is 3.89. The van der Waals surface area contributed by atoms with Crippen LogP contribution in [-0.2, 0) is 11.8 Å². The molecular formula is C17H20N6O3. The third kappa shape index (κ3) is 2.97. The van der Waals surface area contributed by atoms with Crippen molar-refractivity contribution in [1.29, 1.82) is 0 Å². The van der Waals surface area contributed by atoms with Crippen LogP contribution in [0, 0.1) is 0 Å². The second-order valence-electron chi connectivity index (χ2n) is 6.05. The number of anilines is 2. The monoisotopic (exact) mass is 356 g/mol. The molecule has 0 radical (unpaired) electrons. The molecule has 1 amide bonds. The highest BCUT2D eigenvalue weighted by Gasteiger charge is 2.20. The number of H-pyrrole nitrogens is 1. The Balaban J connectivity index is 1.69. The lowest BCUT2D eigenvalue weighted by Gasteiger charge is -2.29. The van der Waals surface area contributed by atoms with Crippen LogP contribution < -0.4 is 15.0 Å². The second kappa shape index (κ2) is 6.68. The first-order chi connectivity index (χ1) is 12.7. The largest absolute Gasteiger partial charge is 0.494 e. The van der Waals surface area contributed by atoms with Gasteiger partial charge in [-0.15, -0.1) is 0 Å². The minimum Gasteiger partial charge on any atom is -0.494 e. The van der Waals surface area contributed by atoms with Crippen molar-refractivity contribution in [3.05, 3.63) is 30.1 Å². The van der Waals surface area contributed by atoms with Crippen molar-refractivity contribution in [3.63, 3.8) is 0 Å². The number of fused-ring (bicyclic) bond motifs is 1. The van der Waals surface area contributed by atoms with E-state index in [4.69, 9.17) is 9.47 Å². The molecule has 136 valence electrons. The fourth-order valence-corrected chi connectivity index (χ4v) is 3.06. The Morgan fingerprint density at radius 1 is 1.35 bits per heavy atom. The molecule has 0 saturated carbocycles. The number of ether oxygens (including phenoxy) is 2. The number of nitrogens with zero attached hydrogens (tertiary/aromatic N) is 4. The van der Waals surface area contributed by atoms with Crippen molar-refractivity contribution in [3.8, 4) is 5.75 Å². The maximum Gasteiger partial charge on any atom is 0.261 e. The van der Waals surface area contributed by atoms with Crippen molar-refractivity contribution >= 4 is 28.6 Å². The number of amides is 1. The van der Waals surface area contributed by atoms with E-state index in [0.29, 0.717) is 30.5 Å². The molecule has 1 saturated heterocycles. The first-order valence-electron chi connectivity index (χ1n) is 8.35. The molecule has 2 N–H and O–H groups in total. The average molecular weight is 356 g/mol. The maximum atomic E-state index is 12.4. The number of morpholine rings is 1. The van der Waals surface area contributed by atoms with Crippen LogP contribution in [0.15, 0.2) is 24.5 Å². The number of methoxy groups -OCH3 is 1. The van der Waals surface area contributed by atoms with Crippen LogP contribution in [0.5, 0.6) is 5.75 Å². The van der Waals surface area contributed by atoms with Gasteiger partial charge < -0.3 is 19.4 Å². The smallest absolute Gasteiger partial charge is 0.261 e. The maximum absolute atomic E-state index is 12.4. The van der Waals surface area contributed by atoms with Crippen molar-refractivity contribution in [2.24, 2.45) is 7.05 Å². The third-order valence-corrected chi connectivity index (χ3v) is 4.36. The summed E-state index contributed by atoms with van der Waals surface area (Å²) in [6.45, 7) is 2.96. The molecule has 1 fully saturated rings. The normalized spacial score (nSPS) is 14.6. The second-order valence-corrected chi connectivity index (χ2v) is 6.05. The van der Waals surface area contributed by atoms with Crippen molar-refractivity contribution in [1.82, 2.24) is 19.7 Å². The third-order valence-electron chi connectivity index (χ3n) is 4.36. The van der Waals surface area contributed by atoms with E-state index in [1.54, 1.807) is 25.0 Å². The van der Waals surface area contributed by atoms with Gasteiger partial charge in [0, 0.05) is 26.3 Å². The van der Waals surface area contributed by atoms with Crippen LogP contribution in [0.2, 0.25) is 0 Å². The van der Waals surface area contributed by atoms with Crippen LogP contribution in [0.25, 0.3) is 11.0 Å². The van der Waals surface area contributed by atoms with Crippen molar-refractivity contribution in [2.75, 3.05) is 43.6 Å². The molecule has 9 nitrogen and oxygen atoms in total. The predicted molar refractivity (Wildman–Crippen MR) is 96.8 cm³/mol. The zero-order chi connectivity index (χ0) is 18.1. The topological polar surface area (TPSA) is 97.3 Å². The van der Waals surface area contributed by atoms with E-state index in [0.717, 1.165) is 29.8 Å². The Labute approximate surface area is 149 Å². The minimum atomic E-state index is -0.274. The number of hydrogen-bond acceptors (Lipinski definition) is 6. The summed E-state index contributed by atoms with van der Waals surface area (Å²) in [5.74, 6) is 0.767. The SMILES string of the molecule is COc1ccc(N2CCOCC2)c2nc(NC(=O)c3cnn(C)c3)[nH]c12. The van der Waals surface area contributed by atoms with Crippen molar-refractivity contribution < 1.29 is 14.3 Å². The van der Waals surface area contributed by atoms with Gasteiger partial charge in [-0.25, -0.2) is 4.98 Å². The molecule has 0 spiro atoms. The molecule has 4 rings (SSSR count). The molecule has 0 aliphatic carbocycles. The zero-order valence-corrected chi connectivity index (χ0v) is 14.7. The van der Waals surface area contributed by atoms with Crippen LogP contribution in [-0.4, -0.2) is 59.1 Å². The number of benzene rings is 1. The first kappa shape index (κ1) is 16.4. The standard InChI is InChI=1S/C17H20N6O3/c1-22-10-11(9-18-22)16(24)21-17-19-14-12(23-5-7-26-8-6-23)3-4-13(25-2)15(14)20-17/h3-4,9-10H,5-8H2,1-2H3,(H2,19,20,21,24). The van der Waals surface area contributed by atoms with Gasteiger partial charge >= 0.3 is 0 Å². The van der Waals surface area contributed by atoms with Crippen LogP contribution in [0.1, 0.15) is 10.4 Å². The van der Waals surface area contributed by atoms with E-state index < -0.39 is 0 Å². The summed E-state index contributed by atoms with van der Waals surface area (Å²) in [5.41, 5.74) is 2.96. The van der Waals surface area contributed by atoms with Gasteiger partial charge in [0.1, 0.15) is 16.8 Å². The Kier molecular flexibility index (Phi) is 4.21. The van der Waals surface area contributed by atoms with Gasteiger partial charge in [-0.2, -0.15) is 5.10 Å². The highest BCUT2D eigenvalue weighted by atomic mass is 16.5. The summed E-state index contributed by atoms with van der Waals surface area (Å²) < 4.78 is 12.4. The summed E-state index contributed by atoms with van der Waals surface area (Å²) in [4.78, 5) is 22.3. The van der Waals surface area contributed by atoms with E-state index in [1.165, 1.54) is 6.20 Å². The molecule has 0 bridgehead atoms. The fraction of sp³-hybridized carbons (Fsp3) is 0.353. The molecule has 0 unspecified atom stereocenters. The quantitative estimate of drug-likeness (QED) is 0.733. The van der Waals surface area contributed by atoms with Gasteiger partial charge in [-0.3, -0.25) is 14.8 Å². The van der Waals surface area contributed by atoms with Gasteiger partial charge in [-0.05, 0) is 12.1 Å². The first-order valence-corrected chi connectivity index (χ1v) is 8.35. The number of carbonyl (C=O) groups excluding carboxylic acids is 1. The summed E-state index contributed by atoms with van der Waals surface area (Å²) >= 11 is 0. The number of carbonyl (C=O) groups is 1. The fourth-order valence-electron chi connectivity index (χ4n) is 3.06. The molecule has 3 heterocycles. The van der Waals surface area contributed by atoms with E-state index in [1.807, 2.05) is 12.1 Å². The van der Waals surface area contributed by atoms with Gasteiger partial charge in [0.25, 0.3) is 5.91 Å². The molecule has 3 aromatic rings. The predicted octanol–water partition coefficient (Wildman–Crippen LogP) is 1.39. The number of hydrogen-bond donors (Lipinski definition) is 2. The average Bonchev–Trinajstić information content (AvgIpc) is 3.27. The van der Waals surface area contributed by atoms with E-state index in [9.17, 15) is 4.79 Å². The highest BCUT2D eigenvalue weighted by molar-refractivity contribution is 6.04. The van der Waals surface area contributed by atoms with E-state index in [-0.39, 0.29) is 5.91 Å². The van der Waals surface area contributed by atoms with E-state index in [2.05, 4.69) is 25.3 Å². The lowest BCUT2D eigenvalue weighted by atomic mass is 10.2. The lowest BCUT2D eigenvalue weighted by molar-refractivity contribution is 0.102. The molecule has 1 aromatic carbocycles. The van der Waals surface area contributed by atoms with Gasteiger partial charge in [0.15, 0.2) is 0 Å². The minimum absolute atomic E-state index is 0.274. The van der Waals surface area contributed by atoms with E-state index >= 15 is 0 Å². The number of aromatic amines is 1. The Morgan fingerprint density at radius 2 is 2.15 bits per heavy atom. The molecule has 2 aromatic heterocycles. The Morgan fingerprint density at radius 3 is 2.85 bits per heavy atom. The Hall–Kier alpha value is -3.07. The number of imidazole rings is 1. The highest BCUT2D eigenvalue weighted by Crippen LogP contribution is 2.33. The van der Waals surface area contributed by atoms with Gasteiger partial charge in [0.05, 0.1) is 37.8 Å². The number of nitrogens with one attached hydrogen (secondary N) is 2. The molecule has 1 aliphatic rings. The Bertz CT molecular complexity index is 941. The van der Waals surface area contributed by atoms with Gasteiger partial charge in [0.2, 0.25) is 5.95 Å². The molecule has 26 heavy (non-hydrogen) atoms. The number of aromatic nitrogens is 4. The van der Waals surface area contributed by atoms with Crippen LogP contribution in [0.4, 0.5) is 11.6 Å². The van der Waals surface area contributed by atoms with Gasteiger partial charge in [-0.1, -0.05) is 0 Å². The summed E-state index contributed by atoms with van der Waals surface area (Å²) in [7, 11) is 3.37. The summed E-state index contributed by atoms with van der Waals surface area (Å²) in [6.07, 6.45) is 3.16. The van der Waals surface area contributed by atoms with Crippen LogP contribution >= 0.6 is 0 Å². The summed E-state index contributed by atoms with van der Waals surface area (Å²) in [5, 5.41) is 6.80. The zero-order valence-electron chi connectivity index (χ0n) is 14.7. The number of rotatable bonds is 4. The molecular weight excluding hydrogens is 336 g/mol. The molecule has 9 heteroatoms. The van der Waals surface area contributed by atoms with Crippen LogP contribution in [0.3, 0.4) is 0 Å². The lowest BCUT2D eigenvalue weighted by Crippen LogP contribution is -2.36. The number of aryl methyl sites for hydroxylation is 1. The molecule has 0 atom stereocenters. The molecule has 1 aliphatic heterocycles. The van der Waals surface area contributed by atoms with Crippen molar-refractivity contribution in [2.45, 2.75) is 0 Å².